The fraction of sp³-hybridized carbons (Fsp3) is 0.781. The summed E-state index contributed by atoms with van der Waals surface area (Å²) in [6, 6.07) is -0.715. The van der Waals surface area contributed by atoms with Crippen LogP contribution in [0.15, 0.2) is 72.9 Å². The van der Waals surface area contributed by atoms with Gasteiger partial charge in [0.15, 0.2) is 0 Å². The zero-order chi connectivity index (χ0) is 50.9. The molecule has 0 bridgehead atoms. The van der Waals surface area contributed by atoms with Crippen LogP contribution in [-0.2, 0) is 14.3 Å². The lowest BCUT2D eigenvalue weighted by Gasteiger charge is -2.24. The first kappa shape index (κ1) is 67.3. The van der Waals surface area contributed by atoms with Crippen molar-refractivity contribution in [2.45, 2.75) is 315 Å². The Morgan fingerprint density at radius 2 is 0.771 bits per heavy atom. The average Bonchev–Trinajstić information content (AvgIpc) is 3.35. The SMILES string of the molecule is CC/C=C\C/C=C\C/C=C\C/C=C\C/C=C\CCCCCC(=O)OC(CCCCCCC/C=C/CCCCCCCC)CC(=O)NC(CO)C(O)CCCCCCCCCCCCCCCCCCC. The Morgan fingerprint density at radius 3 is 1.19 bits per heavy atom. The summed E-state index contributed by atoms with van der Waals surface area (Å²) in [4.78, 5) is 26.3. The van der Waals surface area contributed by atoms with E-state index in [4.69, 9.17) is 4.74 Å². The Balaban J connectivity index is 4.60. The van der Waals surface area contributed by atoms with Gasteiger partial charge in [0.1, 0.15) is 6.10 Å². The predicted octanol–water partition coefficient (Wildman–Crippen LogP) is 18.9. The van der Waals surface area contributed by atoms with Gasteiger partial charge in [0.2, 0.25) is 5.91 Å². The number of aliphatic hydroxyl groups excluding tert-OH is 2. The minimum Gasteiger partial charge on any atom is -0.462 e. The summed E-state index contributed by atoms with van der Waals surface area (Å²) in [6.07, 6.45) is 74.0. The minimum atomic E-state index is -0.800. The quantitative estimate of drug-likeness (QED) is 0.0321. The van der Waals surface area contributed by atoms with Gasteiger partial charge in [0.05, 0.1) is 25.2 Å². The maximum atomic E-state index is 13.3. The molecular weight excluding hydrogens is 863 g/mol. The normalized spacial score (nSPS) is 13.6. The van der Waals surface area contributed by atoms with Crippen molar-refractivity contribution in [1.82, 2.24) is 5.32 Å². The molecule has 0 aromatic heterocycles. The van der Waals surface area contributed by atoms with Crippen molar-refractivity contribution in [2.75, 3.05) is 6.61 Å². The number of carbonyl (C=O) groups is 2. The minimum absolute atomic E-state index is 0.0571. The van der Waals surface area contributed by atoms with E-state index in [1.807, 2.05) is 0 Å². The topological polar surface area (TPSA) is 95.9 Å². The summed E-state index contributed by atoms with van der Waals surface area (Å²) >= 11 is 0. The molecule has 0 saturated heterocycles. The lowest BCUT2D eigenvalue weighted by molar-refractivity contribution is -0.151. The van der Waals surface area contributed by atoms with Crippen LogP contribution < -0.4 is 5.32 Å². The van der Waals surface area contributed by atoms with Gasteiger partial charge in [0.25, 0.3) is 0 Å². The van der Waals surface area contributed by atoms with E-state index < -0.39 is 18.2 Å². The fourth-order valence-electron chi connectivity index (χ4n) is 8.98. The number of esters is 1. The van der Waals surface area contributed by atoms with Crippen molar-refractivity contribution in [2.24, 2.45) is 0 Å². The maximum absolute atomic E-state index is 13.3. The highest BCUT2D eigenvalue weighted by Gasteiger charge is 2.24. The highest BCUT2D eigenvalue weighted by molar-refractivity contribution is 5.77. The summed E-state index contributed by atoms with van der Waals surface area (Å²) in [5.74, 6) is -0.513. The Labute approximate surface area is 434 Å². The second-order valence-electron chi connectivity index (χ2n) is 20.4. The van der Waals surface area contributed by atoms with Crippen molar-refractivity contribution in [3.05, 3.63) is 72.9 Å². The second-order valence-corrected chi connectivity index (χ2v) is 20.4. The number of unbranched alkanes of at least 4 members (excludes halogenated alkanes) is 30. The Kier molecular flexibility index (Phi) is 55.0. The second kappa shape index (κ2) is 57.2. The molecule has 0 rings (SSSR count). The Morgan fingerprint density at radius 1 is 0.429 bits per heavy atom. The molecule has 6 nitrogen and oxygen atoms in total. The molecule has 70 heavy (non-hydrogen) atoms. The monoisotopic (exact) mass is 978 g/mol. The van der Waals surface area contributed by atoms with Crippen molar-refractivity contribution < 1.29 is 24.5 Å². The van der Waals surface area contributed by atoms with Crippen molar-refractivity contribution in [3.63, 3.8) is 0 Å². The lowest BCUT2D eigenvalue weighted by Crippen LogP contribution is -2.46. The number of nitrogens with one attached hydrogen (secondary N) is 1. The number of rotatable bonds is 54. The van der Waals surface area contributed by atoms with Crippen LogP contribution in [0.1, 0.15) is 297 Å². The summed E-state index contributed by atoms with van der Waals surface area (Å²) in [7, 11) is 0. The van der Waals surface area contributed by atoms with Gasteiger partial charge in [-0.1, -0.05) is 261 Å². The zero-order valence-corrected chi connectivity index (χ0v) is 46.4. The molecule has 0 spiro atoms. The molecule has 1 amide bonds. The molecule has 3 unspecified atom stereocenters. The third-order valence-corrected chi connectivity index (χ3v) is 13.5. The smallest absolute Gasteiger partial charge is 0.306 e. The van der Waals surface area contributed by atoms with Gasteiger partial charge in [-0.25, -0.2) is 0 Å². The summed E-state index contributed by atoms with van der Waals surface area (Å²) in [5, 5.41) is 23.9. The van der Waals surface area contributed by atoms with Crippen molar-refractivity contribution in [1.29, 1.82) is 0 Å². The molecule has 3 N–H and O–H groups in total. The van der Waals surface area contributed by atoms with Crippen LogP contribution in [0.4, 0.5) is 0 Å². The first-order valence-corrected chi connectivity index (χ1v) is 30.2. The van der Waals surface area contributed by atoms with Crippen LogP contribution in [0.2, 0.25) is 0 Å². The number of hydrogen-bond donors (Lipinski definition) is 3. The van der Waals surface area contributed by atoms with E-state index in [1.54, 1.807) is 0 Å². The summed E-state index contributed by atoms with van der Waals surface area (Å²) in [5.41, 5.74) is 0. The standard InChI is InChI=1S/C64H115NO5/c1-4-7-10-13-16-19-22-25-28-30-31-33-36-39-42-45-48-51-54-57-64(69)70-60(55-52-49-46-43-40-37-34-27-24-21-18-15-12-9-6-3)58-63(68)65-61(59-66)62(67)56-53-50-47-44-41-38-35-32-29-26-23-20-17-14-11-8-5-2/h7,10,16,19,25,27-28,31,33-34,39,42,60-62,66-67H,4-6,8-9,11-15,17-18,20-24,26,29-30,32,35-38,40-41,43-59H2,1-3H3,(H,65,68)/b10-7-,19-16-,28-25-,33-31-,34-27+,42-39-. The van der Waals surface area contributed by atoms with Gasteiger partial charge in [0, 0.05) is 6.42 Å². The summed E-state index contributed by atoms with van der Waals surface area (Å²) in [6.45, 7) is 6.39. The van der Waals surface area contributed by atoms with E-state index in [0.29, 0.717) is 19.3 Å². The Hall–Kier alpha value is -2.70. The zero-order valence-electron chi connectivity index (χ0n) is 46.4. The molecule has 3 atom stereocenters. The molecule has 406 valence electrons. The van der Waals surface area contributed by atoms with Gasteiger partial charge >= 0.3 is 5.97 Å². The van der Waals surface area contributed by atoms with Crippen LogP contribution >= 0.6 is 0 Å². The number of amides is 1. The molecule has 0 radical (unpaired) electrons. The molecule has 0 saturated carbocycles. The Bertz CT molecular complexity index is 1280. The van der Waals surface area contributed by atoms with Crippen molar-refractivity contribution in [3.8, 4) is 0 Å². The molecule has 0 heterocycles. The number of aliphatic hydroxyl groups is 2. The van der Waals surface area contributed by atoms with Crippen LogP contribution in [0.25, 0.3) is 0 Å². The van der Waals surface area contributed by atoms with Crippen LogP contribution in [0.5, 0.6) is 0 Å². The van der Waals surface area contributed by atoms with E-state index in [0.717, 1.165) is 103 Å². The predicted molar refractivity (Wildman–Crippen MR) is 305 cm³/mol. The highest BCUT2D eigenvalue weighted by Crippen LogP contribution is 2.18. The summed E-state index contributed by atoms with van der Waals surface area (Å²) < 4.78 is 5.95. The molecule has 0 aliphatic rings. The van der Waals surface area contributed by atoms with E-state index >= 15 is 0 Å². The fourth-order valence-corrected chi connectivity index (χ4v) is 8.98. The molecule has 0 fully saturated rings. The van der Waals surface area contributed by atoms with Gasteiger partial charge in [-0.15, -0.1) is 0 Å². The highest BCUT2D eigenvalue weighted by atomic mass is 16.5. The van der Waals surface area contributed by atoms with Gasteiger partial charge in [-0.2, -0.15) is 0 Å². The van der Waals surface area contributed by atoms with Crippen LogP contribution in [0.3, 0.4) is 0 Å². The number of carbonyl (C=O) groups excluding carboxylic acids is 2. The number of ether oxygens (including phenoxy) is 1. The van der Waals surface area contributed by atoms with E-state index in [1.165, 1.54) is 148 Å². The average molecular weight is 979 g/mol. The molecule has 0 aliphatic heterocycles. The number of hydrogen-bond acceptors (Lipinski definition) is 5. The third kappa shape index (κ3) is 51.6. The molecule has 0 aromatic carbocycles. The largest absolute Gasteiger partial charge is 0.462 e. The van der Waals surface area contributed by atoms with Gasteiger partial charge < -0.3 is 20.3 Å². The first-order chi connectivity index (χ1) is 34.5. The molecule has 0 aromatic rings. The van der Waals surface area contributed by atoms with E-state index in [-0.39, 0.29) is 24.9 Å². The third-order valence-electron chi connectivity index (χ3n) is 13.5. The van der Waals surface area contributed by atoms with E-state index in [2.05, 4.69) is 99.0 Å². The van der Waals surface area contributed by atoms with Gasteiger partial charge in [-0.05, 0) is 96.3 Å². The number of allylic oxidation sites excluding steroid dienone is 12. The van der Waals surface area contributed by atoms with E-state index in [9.17, 15) is 19.8 Å². The molecular formula is C64H115NO5. The lowest BCUT2D eigenvalue weighted by atomic mass is 10.0. The van der Waals surface area contributed by atoms with Crippen molar-refractivity contribution >= 4 is 11.9 Å². The van der Waals surface area contributed by atoms with Crippen LogP contribution in [0, 0.1) is 0 Å². The first-order valence-electron chi connectivity index (χ1n) is 30.2. The molecule has 0 aliphatic carbocycles. The molecule has 6 heteroatoms. The van der Waals surface area contributed by atoms with Gasteiger partial charge in [-0.3, -0.25) is 9.59 Å². The van der Waals surface area contributed by atoms with Crippen LogP contribution in [-0.4, -0.2) is 46.9 Å². The maximum Gasteiger partial charge on any atom is 0.306 e.